The van der Waals surface area contributed by atoms with Crippen LogP contribution in [0.15, 0.2) is 0 Å². The van der Waals surface area contributed by atoms with Gasteiger partial charge in [0.25, 0.3) is 0 Å². The van der Waals surface area contributed by atoms with Gasteiger partial charge in [0.2, 0.25) is 4.77 Å². The largest absolute Gasteiger partial charge is 0.378 e. The van der Waals surface area contributed by atoms with E-state index in [-0.39, 0.29) is 0 Å². The predicted molar refractivity (Wildman–Crippen MR) is 60.3 cm³/mol. The van der Waals surface area contributed by atoms with Gasteiger partial charge in [0, 0.05) is 7.11 Å². The first kappa shape index (κ1) is 10.5. The number of thiazole rings is 1. The lowest BCUT2D eigenvalue weighted by Gasteiger charge is -1.89. The molecule has 0 aliphatic carbocycles. The summed E-state index contributed by atoms with van der Waals surface area (Å²) in [6.07, 6.45) is 0. The summed E-state index contributed by atoms with van der Waals surface area (Å²) < 4.78 is 5.48. The number of ether oxygens (including phenoxy) is 1. The molecule has 0 aromatic carbocycles. The average Bonchev–Trinajstić information content (AvgIpc) is 2.73. The van der Waals surface area contributed by atoms with Gasteiger partial charge in [-0.2, -0.15) is 4.98 Å². The highest BCUT2D eigenvalue weighted by molar-refractivity contribution is 7.71. The number of hydrogen-bond donors (Lipinski definition) is 2. The van der Waals surface area contributed by atoms with E-state index in [1.54, 1.807) is 18.4 Å². The normalized spacial score (nSPS) is 10.8. The lowest BCUT2D eigenvalue weighted by molar-refractivity contribution is 0.184. The summed E-state index contributed by atoms with van der Waals surface area (Å²) in [5.41, 5.74) is 0.935. The van der Waals surface area contributed by atoms with Crippen LogP contribution in [0.4, 0.5) is 0 Å². The summed E-state index contributed by atoms with van der Waals surface area (Å²) in [7, 11) is 1.65. The third-order valence-corrected chi connectivity index (χ3v) is 3.16. The van der Waals surface area contributed by atoms with Crippen LogP contribution in [0.25, 0.3) is 10.7 Å². The van der Waals surface area contributed by atoms with Gasteiger partial charge in [0.1, 0.15) is 5.01 Å². The van der Waals surface area contributed by atoms with Crippen LogP contribution in [0.1, 0.15) is 10.7 Å². The molecule has 2 rings (SSSR count). The predicted octanol–water partition coefficient (Wildman–Crippen LogP) is 2.05. The van der Waals surface area contributed by atoms with Gasteiger partial charge in [0.15, 0.2) is 5.82 Å². The summed E-state index contributed by atoms with van der Waals surface area (Å²) in [6, 6.07) is 0. The Hall–Kier alpha value is -1.05. The maximum absolute atomic E-state index is 5.03. The third kappa shape index (κ3) is 2.14. The van der Waals surface area contributed by atoms with Crippen LogP contribution in [0.2, 0.25) is 0 Å². The minimum Gasteiger partial charge on any atom is -0.378 e. The van der Waals surface area contributed by atoms with Crippen molar-refractivity contribution < 1.29 is 4.74 Å². The second-order valence-electron chi connectivity index (χ2n) is 2.97. The van der Waals surface area contributed by atoms with Gasteiger partial charge in [-0.15, -0.1) is 11.3 Å². The minimum atomic E-state index is 0.450. The van der Waals surface area contributed by atoms with E-state index in [1.807, 2.05) is 6.92 Å². The molecule has 0 bridgehead atoms. The smallest absolute Gasteiger partial charge is 0.213 e. The molecule has 5 nitrogen and oxygen atoms in total. The summed E-state index contributed by atoms with van der Waals surface area (Å²) in [5, 5.41) is 6.61. The molecule has 2 N–H and O–H groups in total. The number of H-pyrrole nitrogens is 2. The monoisotopic (exact) mass is 242 g/mol. The standard InChI is InChI=1S/C8H10N4OS2/c1-4-6(7-10-8(14)12-11-7)15-5(9-4)3-13-2/h3H2,1-2H3,(H2,10,11,12,14). The number of aryl methyl sites for hydroxylation is 1. The summed E-state index contributed by atoms with van der Waals surface area (Å²) in [6.45, 7) is 2.47. The van der Waals surface area contributed by atoms with Crippen LogP contribution >= 0.6 is 23.6 Å². The molecule has 0 radical (unpaired) electrons. The molecular weight excluding hydrogens is 232 g/mol. The Kier molecular flexibility index (Phi) is 2.94. The molecule has 0 atom stereocenters. The van der Waals surface area contributed by atoms with Gasteiger partial charge in [-0.25, -0.2) is 4.98 Å². The van der Waals surface area contributed by atoms with E-state index in [2.05, 4.69) is 20.2 Å². The Morgan fingerprint density at radius 1 is 1.40 bits per heavy atom. The highest BCUT2D eigenvalue weighted by Crippen LogP contribution is 2.27. The number of nitrogens with zero attached hydrogens (tertiary/aromatic N) is 2. The van der Waals surface area contributed by atoms with Crippen LogP contribution in [0.3, 0.4) is 0 Å². The Morgan fingerprint density at radius 2 is 2.20 bits per heavy atom. The minimum absolute atomic E-state index is 0.450. The van der Waals surface area contributed by atoms with Crippen molar-refractivity contribution in [2.45, 2.75) is 13.5 Å². The number of methoxy groups -OCH3 is 1. The quantitative estimate of drug-likeness (QED) is 0.808. The summed E-state index contributed by atoms with van der Waals surface area (Å²) in [4.78, 5) is 9.51. The molecule has 0 amide bonds. The van der Waals surface area contributed by atoms with Gasteiger partial charge in [0.05, 0.1) is 17.2 Å². The van der Waals surface area contributed by atoms with Crippen LogP contribution in [0.5, 0.6) is 0 Å². The maximum Gasteiger partial charge on any atom is 0.213 e. The van der Waals surface area contributed by atoms with Crippen molar-refractivity contribution in [1.82, 2.24) is 20.2 Å². The van der Waals surface area contributed by atoms with E-state index in [4.69, 9.17) is 17.0 Å². The zero-order valence-electron chi connectivity index (χ0n) is 8.33. The number of aromatic amines is 2. The molecule has 0 unspecified atom stereocenters. The number of aromatic nitrogens is 4. The van der Waals surface area contributed by atoms with Gasteiger partial charge in [-0.1, -0.05) is 0 Å². The van der Waals surface area contributed by atoms with Crippen molar-refractivity contribution in [2.24, 2.45) is 0 Å². The molecule has 2 heterocycles. The van der Waals surface area contributed by atoms with Crippen molar-refractivity contribution >= 4 is 23.6 Å². The van der Waals surface area contributed by atoms with Gasteiger partial charge in [-0.05, 0) is 19.1 Å². The molecule has 2 aromatic rings. The Bertz CT molecular complexity index is 513. The first-order chi connectivity index (χ1) is 7.20. The number of rotatable bonds is 3. The van der Waals surface area contributed by atoms with Gasteiger partial charge in [-0.3, -0.25) is 10.2 Å². The van der Waals surface area contributed by atoms with E-state index in [0.717, 1.165) is 21.4 Å². The van der Waals surface area contributed by atoms with Crippen molar-refractivity contribution in [2.75, 3.05) is 7.11 Å². The highest BCUT2D eigenvalue weighted by atomic mass is 32.1. The fraction of sp³-hybridized carbons (Fsp3) is 0.375. The first-order valence-electron chi connectivity index (χ1n) is 4.31. The molecule has 80 valence electrons. The van der Waals surface area contributed by atoms with Crippen LogP contribution < -0.4 is 0 Å². The second kappa shape index (κ2) is 4.21. The van der Waals surface area contributed by atoms with E-state index < -0.39 is 0 Å². The number of hydrogen-bond acceptors (Lipinski definition) is 5. The molecule has 0 fully saturated rings. The van der Waals surface area contributed by atoms with Gasteiger partial charge >= 0.3 is 0 Å². The Morgan fingerprint density at radius 3 is 2.80 bits per heavy atom. The molecule has 7 heteroatoms. The molecule has 2 aromatic heterocycles. The maximum atomic E-state index is 5.03. The van der Waals surface area contributed by atoms with E-state index >= 15 is 0 Å². The number of nitrogens with one attached hydrogen (secondary N) is 2. The molecule has 0 spiro atoms. The molecule has 0 aliphatic rings. The van der Waals surface area contributed by atoms with Crippen LogP contribution in [0, 0.1) is 11.7 Å². The average molecular weight is 242 g/mol. The lowest BCUT2D eigenvalue weighted by Crippen LogP contribution is -1.85. The SMILES string of the molecule is COCc1nc(C)c(-c2nc(=S)[nH][nH]2)s1. The summed E-state index contributed by atoms with van der Waals surface area (Å²) in [5.74, 6) is 0.734. The summed E-state index contributed by atoms with van der Waals surface area (Å²) >= 11 is 6.45. The fourth-order valence-electron chi connectivity index (χ4n) is 1.23. The first-order valence-corrected chi connectivity index (χ1v) is 5.53. The van der Waals surface area contributed by atoms with Gasteiger partial charge < -0.3 is 4.74 Å². The van der Waals surface area contributed by atoms with Crippen molar-refractivity contribution in [3.63, 3.8) is 0 Å². The zero-order chi connectivity index (χ0) is 10.8. The molecule has 15 heavy (non-hydrogen) atoms. The molecular formula is C8H10N4OS2. The molecule has 0 saturated carbocycles. The third-order valence-electron chi connectivity index (χ3n) is 1.82. The topological polar surface area (TPSA) is 66.6 Å². The highest BCUT2D eigenvalue weighted by Gasteiger charge is 2.11. The molecule has 0 saturated heterocycles. The van der Waals surface area contributed by atoms with Crippen molar-refractivity contribution in [3.8, 4) is 10.7 Å². The van der Waals surface area contributed by atoms with Crippen molar-refractivity contribution in [1.29, 1.82) is 0 Å². The van der Waals surface area contributed by atoms with E-state index in [9.17, 15) is 0 Å². The van der Waals surface area contributed by atoms with Crippen LogP contribution in [-0.2, 0) is 11.3 Å². The van der Waals surface area contributed by atoms with Crippen LogP contribution in [-0.4, -0.2) is 27.3 Å². The Labute approximate surface area is 95.5 Å². The zero-order valence-corrected chi connectivity index (χ0v) is 9.96. The van der Waals surface area contributed by atoms with E-state index in [1.165, 1.54) is 0 Å². The Balaban J connectivity index is 2.40. The van der Waals surface area contributed by atoms with E-state index in [0.29, 0.717) is 11.4 Å². The second-order valence-corrected chi connectivity index (χ2v) is 4.44. The van der Waals surface area contributed by atoms with Crippen molar-refractivity contribution in [3.05, 3.63) is 15.5 Å². The molecule has 0 aliphatic heterocycles. The fourth-order valence-corrected chi connectivity index (χ4v) is 2.36. The lowest BCUT2D eigenvalue weighted by atomic mass is 10.4.